The van der Waals surface area contributed by atoms with Gasteiger partial charge < -0.3 is 10.5 Å². The van der Waals surface area contributed by atoms with E-state index in [9.17, 15) is 4.79 Å². The van der Waals surface area contributed by atoms with E-state index < -0.39 is 0 Å². The highest BCUT2D eigenvalue weighted by Crippen LogP contribution is 2.25. The molecule has 5 heteroatoms. The molecule has 0 saturated carbocycles. The summed E-state index contributed by atoms with van der Waals surface area (Å²) in [6.45, 7) is 0.385. The van der Waals surface area contributed by atoms with Crippen LogP contribution in [0.15, 0.2) is 77.6 Å². The molecule has 0 aliphatic rings. The molecule has 3 aromatic carbocycles. The molecule has 0 aliphatic heterocycles. The van der Waals surface area contributed by atoms with Crippen molar-refractivity contribution in [3.05, 3.63) is 88.7 Å². The average Bonchev–Trinajstić information content (AvgIpc) is 2.71. The molecule has 0 aliphatic carbocycles. The molecular formula is C22H19N3O2. The normalized spacial score (nSPS) is 10.9. The number of nitrogen functional groups attached to an aromatic ring is 1. The standard InChI is InChI=1S/C22H19N3O2/c1-27-18-12-6-15(7-13-18)14-25-22(26)20-5-3-2-4-19(20)21(24-25)16-8-10-17(23)11-9-16/h2-13H,14,23H2,1H3. The zero-order valence-corrected chi connectivity index (χ0v) is 14.9. The Labute approximate surface area is 156 Å². The molecule has 0 atom stereocenters. The van der Waals surface area contributed by atoms with E-state index in [1.54, 1.807) is 7.11 Å². The highest BCUT2D eigenvalue weighted by molar-refractivity contribution is 5.93. The minimum Gasteiger partial charge on any atom is -0.497 e. The summed E-state index contributed by atoms with van der Waals surface area (Å²) in [5, 5.41) is 6.15. The predicted octanol–water partition coefficient (Wildman–Crippen LogP) is 3.70. The number of methoxy groups -OCH3 is 1. The van der Waals surface area contributed by atoms with E-state index in [4.69, 9.17) is 10.5 Å². The van der Waals surface area contributed by atoms with Gasteiger partial charge in [-0.2, -0.15) is 5.10 Å². The quantitative estimate of drug-likeness (QED) is 0.565. The minimum atomic E-state index is -0.111. The Hall–Kier alpha value is -3.60. The third-order valence-electron chi connectivity index (χ3n) is 4.54. The third kappa shape index (κ3) is 3.27. The van der Waals surface area contributed by atoms with Gasteiger partial charge in [0.15, 0.2) is 0 Å². The van der Waals surface area contributed by atoms with Crippen LogP contribution in [0.4, 0.5) is 5.69 Å². The SMILES string of the molecule is COc1ccc(Cn2nc(-c3ccc(N)cc3)c3ccccc3c2=O)cc1. The molecule has 0 radical (unpaired) electrons. The van der Waals surface area contributed by atoms with Crippen molar-refractivity contribution in [2.75, 3.05) is 12.8 Å². The summed E-state index contributed by atoms with van der Waals surface area (Å²) in [4.78, 5) is 12.9. The van der Waals surface area contributed by atoms with Crippen LogP contribution in [0, 0.1) is 0 Å². The molecule has 4 aromatic rings. The van der Waals surface area contributed by atoms with E-state index >= 15 is 0 Å². The Morgan fingerprint density at radius 3 is 2.26 bits per heavy atom. The maximum Gasteiger partial charge on any atom is 0.274 e. The highest BCUT2D eigenvalue weighted by Gasteiger charge is 2.12. The molecule has 0 amide bonds. The summed E-state index contributed by atoms with van der Waals surface area (Å²) in [6, 6.07) is 22.7. The molecule has 1 heterocycles. The van der Waals surface area contributed by atoms with Crippen molar-refractivity contribution in [2.24, 2.45) is 0 Å². The zero-order valence-electron chi connectivity index (χ0n) is 14.9. The van der Waals surface area contributed by atoms with Gasteiger partial charge in [-0.1, -0.05) is 42.5 Å². The van der Waals surface area contributed by atoms with Crippen molar-refractivity contribution < 1.29 is 4.74 Å². The molecule has 0 unspecified atom stereocenters. The molecule has 0 bridgehead atoms. The van der Waals surface area contributed by atoms with Crippen LogP contribution in [0.2, 0.25) is 0 Å². The summed E-state index contributed by atoms with van der Waals surface area (Å²) in [5.74, 6) is 0.778. The van der Waals surface area contributed by atoms with E-state index in [1.165, 1.54) is 4.68 Å². The number of ether oxygens (including phenoxy) is 1. The fraction of sp³-hybridized carbons (Fsp3) is 0.0909. The summed E-state index contributed by atoms with van der Waals surface area (Å²) >= 11 is 0. The van der Waals surface area contributed by atoms with Gasteiger partial charge in [0, 0.05) is 16.6 Å². The fourth-order valence-corrected chi connectivity index (χ4v) is 3.10. The molecule has 2 N–H and O–H groups in total. The van der Waals surface area contributed by atoms with Crippen LogP contribution >= 0.6 is 0 Å². The summed E-state index contributed by atoms with van der Waals surface area (Å²) in [7, 11) is 1.63. The number of nitrogens with zero attached hydrogens (tertiary/aromatic N) is 2. The Morgan fingerprint density at radius 1 is 0.926 bits per heavy atom. The second-order valence-electron chi connectivity index (χ2n) is 6.33. The van der Waals surface area contributed by atoms with E-state index in [0.29, 0.717) is 17.6 Å². The largest absolute Gasteiger partial charge is 0.497 e. The van der Waals surface area contributed by atoms with Crippen molar-refractivity contribution in [2.45, 2.75) is 6.54 Å². The second-order valence-corrected chi connectivity index (χ2v) is 6.33. The average molecular weight is 357 g/mol. The van der Waals surface area contributed by atoms with E-state index in [-0.39, 0.29) is 5.56 Å². The van der Waals surface area contributed by atoms with Gasteiger partial charge in [-0.3, -0.25) is 4.79 Å². The van der Waals surface area contributed by atoms with Crippen LogP contribution in [0.3, 0.4) is 0 Å². The zero-order chi connectivity index (χ0) is 18.8. The van der Waals surface area contributed by atoms with Gasteiger partial charge in [-0.15, -0.1) is 0 Å². The number of aromatic nitrogens is 2. The first-order chi connectivity index (χ1) is 13.2. The van der Waals surface area contributed by atoms with Gasteiger partial charge >= 0.3 is 0 Å². The summed E-state index contributed by atoms with van der Waals surface area (Å²) in [6.07, 6.45) is 0. The van der Waals surface area contributed by atoms with Gasteiger partial charge in [-0.25, -0.2) is 4.68 Å². The lowest BCUT2D eigenvalue weighted by atomic mass is 10.0. The predicted molar refractivity (Wildman–Crippen MR) is 108 cm³/mol. The lowest BCUT2D eigenvalue weighted by Gasteiger charge is -2.12. The van der Waals surface area contributed by atoms with Crippen molar-refractivity contribution in [3.63, 3.8) is 0 Å². The van der Waals surface area contributed by atoms with Gasteiger partial charge in [-0.05, 0) is 35.9 Å². The lowest BCUT2D eigenvalue weighted by Crippen LogP contribution is -2.24. The van der Waals surface area contributed by atoms with Crippen molar-refractivity contribution >= 4 is 16.5 Å². The first kappa shape index (κ1) is 16.8. The topological polar surface area (TPSA) is 70.1 Å². The number of rotatable bonds is 4. The molecule has 4 rings (SSSR count). The van der Waals surface area contributed by atoms with Crippen molar-refractivity contribution in [1.82, 2.24) is 9.78 Å². The first-order valence-electron chi connectivity index (χ1n) is 8.64. The number of benzene rings is 3. The number of fused-ring (bicyclic) bond motifs is 1. The Morgan fingerprint density at radius 2 is 1.59 bits per heavy atom. The van der Waals surface area contributed by atoms with Crippen LogP contribution in [0.25, 0.3) is 22.0 Å². The van der Waals surface area contributed by atoms with Crippen LogP contribution in [-0.4, -0.2) is 16.9 Å². The third-order valence-corrected chi connectivity index (χ3v) is 4.54. The van der Waals surface area contributed by atoms with Gasteiger partial charge in [0.1, 0.15) is 5.75 Å². The number of hydrogen-bond donors (Lipinski definition) is 1. The molecule has 0 fully saturated rings. The number of anilines is 1. The summed E-state index contributed by atoms with van der Waals surface area (Å²) in [5.41, 5.74) is 9.05. The van der Waals surface area contributed by atoms with E-state index in [1.807, 2.05) is 72.8 Å². The van der Waals surface area contributed by atoms with Crippen LogP contribution in [0.1, 0.15) is 5.56 Å². The Balaban J connectivity index is 1.86. The monoisotopic (exact) mass is 357 g/mol. The minimum absolute atomic E-state index is 0.111. The van der Waals surface area contributed by atoms with Crippen LogP contribution in [-0.2, 0) is 6.54 Å². The van der Waals surface area contributed by atoms with E-state index in [0.717, 1.165) is 28.0 Å². The van der Waals surface area contributed by atoms with Gasteiger partial charge in [0.2, 0.25) is 0 Å². The molecule has 134 valence electrons. The molecule has 0 saturated heterocycles. The molecule has 1 aromatic heterocycles. The van der Waals surface area contributed by atoms with Crippen molar-refractivity contribution in [3.8, 4) is 17.0 Å². The lowest BCUT2D eigenvalue weighted by molar-refractivity contribution is 0.414. The molecule has 0 spiro atoms. The van der Waals surface area contributed by atoms with Crippen LogP contribution in [0.5, 0.6) is 5.75 Å². The first-order valence-corrected chi connectivity index (χ1v) is 8.64. The summed E-state index contributed by atoms with van der Waals surface area (Å²) < 4.78 is 6.70. The maximum atomic E-state index is 12.9. The molecule has 27 heavy (non-hydrogen) atoms. The number of nitrogens with two attached hydrogens (primary N) is 1. The fourth-order valence-electron chi connectivity index (χ4n) is 3.10. The second kappa shape index (κ2) is 6.96. The van der Waals surface area contributed by atoms with Gasteiger partial charge in [0.05, 0.1) is 24.7 Å². The Kier molecular flexibility index (Phi) is 4.34. The molecular weight excluding hydrogens is 338 g/mol. The van der Waals surface area contributed by atoms with E-state index in [2.05, 4.69) is 5.10 Å². The van der Waals surface area contributed by atoms with Crippen LogP contribution < -0.4 is 16.0 Å². The smallest absolute Gasteiger partial charge is 0.274 e. The molecule has 5 nitrogen and oxygen atoms in total. The van der Waals surface area contributed by atoms with Crippen molar-refractivity contribution in [1.29, 1.82) is 0 Å². The van der Waals surface area contributed by atoms with Gasteiger partial charge in [0.25, 0.3) is 5.56 Å². The highest BCUT2D eigenvalue weighted by atomic mass is 16.5. The Bertz CT molecular complexity index is 1150. The number of hydrogen-bond acceptors (Lipinski definition) is 4. The maximum absolute atomic E-state index is 12.9.